The predicted molar refractivity (Wildman–Crippen MR) is 81.3 cm³/mol. The van der Waals surface area contributed by atoms with Crippen molar-refractivity contribution in [2.75, 3.05) is 20.2 Å². The molecule has 1 rings (SSSR count). The molecule has 0 fully saturated rings. The van der Waals surface area contributed by atoms with E-state index in [4.69, 9.17) is 4.74 Å². The summed E-state index contributed by atoms with van der Waals surface area (Å²) in [4.78, 5) is 0. The smallest absolute Gasteiger partial charge is 0.119 e. The number of hydrogen-bond acceptors (Lipinski definition) is 2. The van der Waals surface area contributed by atoms with Crippen LogP contribution in [-0.4, -0.2) is 20.2 Å². The molecule has 0 amide bonds. The Morgan fingerprint density at radius 2 is 2.11 bits per heavy atom. The van der Waals surface area contributed by atoms with Gasteiger partial charge in [-0.05, 0) is 55.6 Å². The van der Waals surface area contributed by atoms with E-state index < -0.39 is 0 Å². The Hall–Kier alpha value is -0.540. The van der Waals surface area contributed by atoms with E-state index in [-0.39, 0.29) is 0 Å². The van der Waals surface area contributed by atoms with Gasteiger partial charge in [-0.3, -0.25) is 0 Å². The molecule has 0 aliphatic heterocycles. The van der Waals surface area contributed by atoms with Gasteiger partial charge in [0.15, 0.2) is 0 Å². The van der Waals surface area contributed by atoms with Gasteiger partial charge in [0.05, 0.1) is 7.11 Å². The number of halogens is 1. The van der Waals surface area contributed by atoms with Gasteiger partial charge in [-0.2, -0.15) is 0 Å². The predicted octanol–water partition coefficient (Wildman–Crippen LogP) is 4.03. The second-order valence-electron chi connectivity index (χ2n) is 4.64. The third-order valence-corrected chi connectivity index (χ3v) is 3.97. The molecule has 0 aliphatic carbocycles. The average Bonchev–Trinajstić information content (AvgIpc) is 2.40. The highest BCUT2D eigenvalue weighted by Crippen LogP contribution is 2.25. The lowest BCUT2D eigenvalue weighted by atomic mass is 9.96. The van der Waals surface area contributed by atoms with Crippen molar-refractivity contribution in [2.24, 2.45) is 5.92 Å². The molecule has 18 heavy (non-hydrogen) atoms. The van der Waals surface area contributed by atoms with Crippen LogP contribution in [0.5, 0.6) is 5.75 Å². The van der Waals surface area contributed by atoms with Gasteiger partial charge >= 0.3 is 0 Å². The summed E-state index contributed by atoms with van der Waals surface area (Å²) in [6.45, 7) is 6.66. The maximum atomic E-state index is 5.29. The summed E-state index contributed by atoms with van der Waals surface area (Å²) in [5.41, 5.74) is 1.33. The summed E-state index contributed by atoms with van der Waals surface area (Å²) < 4.78 is 6.47. The second kappa shape index (κ2) is 8.54. The third kappa shape index (κ3) is 4.99. The van der Waals surface area contributed by atoms with Crippen molar-refractivity contribution in [3.05, 3.63) is 28.2 Å². The zero-order valence-electron chi connectivity index (χ0n) is 11.6. The number of benzene rings is 1. The minimum Gasteiger partial charge on any atom is -0.497 e. The fourth-order valence-electron chi connectivity index (χ4n) is 1.99. The molecule has 0 bridgehead atoms. The highest BCUT2D eigenvalue weighted by molar-refractivity contribution is 9.10. The maximum absolute atomic E-state index is 5.29. The van der Waals surface area contributed by atoms with Gasteiger partial charge in [-0.15, -0.1) is 0 Å². The van der Waals surface area contributed by atoms with E-state index in [9.17, 15) is 0 Å². The van der Waals surface area contributed by atoms with E-state index in [0.717, 1.165) is 25.3 Å². The van der Waals surface area contributed by atoms with Crippen LogP contribution in [0.15, 0.2) is 22.7 Å². The quantitative estimate of drug-likeness (QED) is 0.732. The molecule has 0 spiro atoms. The molecule has 0 saturated carbocycles. The summed E-state index contributed by atoms with van der Waals surface area (Å²) in [6, 6.07) is 6.19. The highest BCUT2D eigenvalue weighted by atomic mass is 79.9. The van der Waals surface area contributed by atoms with Crippen molar-refractivity contribution in [3.8, 4) is 5.75 Å². The summed E-state index contributed by atoms with van der Waals surface area (Å²) in [5.74, 6) is 1.62. The standard InChI is InChI=1S/C15H24BrNO/c1-4-8-17-11-12(5-2)9-13-10-14(18-3)6-7-15(13)16/h6-7,10,12,17H,4-5,8-9,11H2,1-3H3. The number of nitrogens with one attached hydrogen (secondary N) is 1. The fourth-order valence-corrected chi connectivity index (χ4v) is 2.40. The first-order valence-electron chi connectivity index (χ1n) is 6.74. The van der Waals surface area contributed by atoms with Crippen molar-refractivity contribution in [3.63, 3.8) is 0 Å². The number of rotatable bonds is 8. The molecule has 1 aromatic rings. The third-order valence-electron chi connectivity index (χ3n) is 3.20. The largest absolute Gasteiger partial charge is 0.497 e. The first kappa shape index (κ1) is 15.5. The van der Waals surface area contributed by atoms with E-state index in [1.165, 1.54) is 22.9 Å². The van der Waals surface area contributed by atoms with E-state index >= 15 is 0 Å². The van der Waals surface area contributed by atoms with Crippen LogP contribution in [0.25, 0.3) is 0 Å². The van der Waals surface area contributed by atoms with Crippen LogP contribution in [0, 0.1) is 5.92 Å². The Bertz CT molecular complexity index is 354. The molecular formula is C15H24BrNO. The van der Waals surface area contributed by atoms with Gasteiger partial charge in [-0.1, -0.05) is 36.2 Å². The van der Waals surface area contributed by atoms with Gasteiger partial charge in [0.25, 0.3) is 0 Å². The van der Waals surface area contributed by atoms with Crippen molar-refractivity contribution in [2.45, 2.75) is 33.1 Å². The Balaban J connectivity index is 2.62. The number of methoxy groups -OCH3 is 1. The second-order valence-corrected chi connectivity index (χ2v) is 5.49. The first-order chi connectivity index (χ1) is 8.71. The van der Waals surface area contributed by atoms with Crippen LogP contribution < -0.4 is 10.1 Å². The molecule has 0 heterocycles. The lowest BCUT2D eigenvalue weighted by Crippen LogP contribution is -2.24. The first-order valence-corrected chi connectivity index (χ1v) is 7.53. The monoisotopic (exact) mass is 313 g/mol. The van der Waals surface area contributed by atoms with Crippen LogP contribution in [0.1, 0.15) is 32.3 Å². The molecular weight excluding hydrogens is 290 g/mol. The number of ether oxygens (including phenoxy) is 1. The Morgan fingerprint density at radius 1 is 1.33 bits per heavy atom. The van der Waals surface area contributed by atoms with Gasteiger partial charge in [0.1, 0.15) is 5.75 Å². The molecule has 0 aromatic heterocycles. The molecule has 1 N–H and O–H groups in total. The fraction of sp³-hybridized carbons (Fsp3) is 0.600. The molecule has 0 saturated heterocycles. The van der Waals surface area contributed by atoms with Gasteiger partial charge in [0, 0.05) is 4.47 Å². The Kier molecular flexibility index (Phi) is 7.36. The Morgan fingerprint density at radius 3 is 2.72 bits per heavy atom. The zero-order valence-corrected chi connectivity index (χ0v) is 13.2. The lowest BCUT2D eigenvalue weighted by molar-refractivity contribution is 0.412. The summed E-state index contributed by atoms with van der Waals surface area (Å²) in [7, 11) is 1.72. The van der Waals surface area contributed by atoms with Crippen LogP contribution in [0.3, 0.4) is 0 Å². The van der Waals surface area contributed by atoms with Gasteiger partial charge < -0.3 is 10.1 Å². The molecule has 1 unspecified atom stereocenters. The molecule has 0 aliphatic rings. The van der Waals surface area contributed by atoms with Gasteiger partial charge in [-0.25, -0.2) is 0 Å². The summed E-state index contributed by atoms with van der Waals surface area (Å²) >= 11 is 3.62. The minimum absolute atomic E-state index is 0.681. The molecule has 1 aromatic carbocycles. The van der Waals surface area contributed by atoms with Crippen LogP contribution >= 0.6 is 15.9 Å². The molecule has 102 valence electrons. The van der Waals surface area contributed by atoms with Crippen molar-refractivity contribution in [1.82, 2.24) is 5.32 Å². The molecule has 0 radical (unpaired) electrons. The minimum atomic E-state index is 0.681. The van der Waals surface area contributed by atoms with Crippen molar-refractivity contribution in [1.29, 1.82) is 0 Å². The van der Waals surface area contributed by atoms with Gasteiger partial charge in [0.2, 0.25) is 0 Å². The molecule has 1 atom stereocenters. The van der Waals surface area contributed by atoms with E-state index in [1.807, 2.05) is 6.07 Å². The topological polar surface area (TPSA) is 21.3 Å². The average molecular weight is 314 g/mol. The summed E-state index contributed by atoms with van der Waals surface area (Å²) in [5, 5.41) is 3.51. The zero-order chi connectivity index (χ0) is 13.4. The van der Waals surface area contributed by atoms with E-state index in [2.05, 4.69) is 47.2 Å². The van der Waals surface area contributed by atoms with Crippen LogP contribution in [0.4, 0.5) is 0 Å². The maximum Gasteiger partial charge on any atom is 0.119 e. The Labute approximate surface area is 119 Å². The summed E-state index contributed by atoms with van der Waals surface area (Å²) in [6.07, 6.45) is 3.48. The van der Waals surface area contributed by atoms with Crippen LogP contribution in [0.2, 0.25) is 0 Å². The van der Waals surface area contributed by atoms with Crippen LogP contribution in [-0.2, 0) is 6.42 Å². The van der Waals surface area contributed by atoms with Crippen molar-refractivity contribution >= 4 is 15.9 Å². The number of hydrogen-bond donors (Lipinski definition) is 1. The SMILES string of the molecule is CCCNCC(CC)Cc1cc(OC)ccc1Br. The molecule has 2 nitrogen and oxygen atoms in total. The van der Waals surface area contributed by atoms with E-state index in [1.54, 1.807) is 7.11 Å². The lowest BCUT2D eigenvalue weighted by Gasteiger charge is -2.17. The highest BCUT2D eigenvalue weighted by Gasteiger charge is 2.10. The molecule has 3 heteroatoms. The normalized spacial score (nSPS) is 12.4. The van der Waals surface area contributed by atoms with E-state index in [0.29, 0.717) is 5.92 Å². The van der Waals surface area contributed by atoms with Crippen molar-refractivity contribution < 1.29 is 4.74 Å².